The monoisotopic (exact) mass is 279 g/mol. The highest BCUT2D eigenvalue weighted by atomic mass is 16.5. The van der Waals surface area contributed by atoms with Crippen LogP contribution in [0.5, 0.6) is 11.5 Å². The maximum absolute atomic E-state index is 6.20. The van der Waals surface area contributed by atoms with Crippen molar-refractivity contribution in [3.05, 3.63) is 23.8 Å². The lowest BCUT2D eigenvalue weighted by Gasteiger charge is -2.26. The first-order valence-corrected chi connectivity index (χ1v) is 7.34. The van der Waals surface area contributed by atoms with Crippen LogP contribution in [0.4, 0.5) is 0 Å². The van der Waals surface area contributed by atoms with Gasteiger partial charge in [0.05, 0.1) is 20.3 Å². The van der Waals surface area contributed by atoms with Gasteiger partial charge in [0.2, 0.25) is 0 Å². The normalized spacial score (nSPS) is 16.4. The number of hydrogen-bond acceptors (Lipinski definition) is 4. The fourth-order valence-electron chi connectivity index (χ4n) is 2.27. The second-order valence-electron chi connectivity index (χ2n) is 5.41. The molecule has 112 valence electrons. The van der Waals surface area contributed by atoms with Gasteiger partial charge < -0.3 is 19.5 Å². The van der Waals surface area contributed by atoms with Crippen molar-refractivity contribution in [3.63, 3.8) is 0 Å². The first kappa shape index (κ1) is 15.1. The molecule has 4 heteroatoms. The predicted molar refractivity (Wildman–Crippen MR) is 79.4 cm³/mol. The third-order valence-corrected chi connectivity index (χ3v) is 3.43. The third-order valence-electron chi connectivity index (χ3n) is 3.43. The lowest BCUT2D eigenvalue weighted by molar-refractivity contribution is 0.0241. The number of benzene rings is 1. The van der Waals surface area contributed by atoms with E-state index >= 15 is 0 Å². The molecule has 1 aliphatic rings. The van der Waals surface area contributed by atoms with Crippen LogP contribution < -0.4 is 14.8 Å². The molecule has 1 aromatic carbocycles. The summed E-state index contributed by atoms with van der Waals surface area (Å²) in [7, 11) is 1.69. The minimum absolute atomic E-state index is 0.220. The predicted octanol–water partition coefficient (Wildman–Crippen LogP) is 2.75. The van der Waals surface area contributed by atoms with Crippen molar-refractivity contribution in [2.45, 2.75) is 45.4 Å². The van der Waals surface area contributed by atoms with Gasteiger partial charge in [0.15, 0.2) is 11.5 Å². The van der Waals surface area contributed by atoms with Crippen molar-refractivity contribution < 1.29 is 14.2 Å². The number of para-hydroxylation sites is 1. The fourth-order valence-corrected chi connectivity index (χ4v) is 2.27. The molecule has 0 amide bonds. The zero-order valence-corrected chi connectivity index (χ0v) is 12.6. The van der Waals surface area contributed by atoms with E-state index in [1.54, 1.807) is 7.11 Å². The van der Waals surface area contributed by atoms with Crippen LogP contribution in [0.25, 0.3) is 0 Å². The summed E-state index contributed by atoms with van der Waals surface area (Å²) in [5.74, 6) is 1.68. The molecule has 0 saturated carbocycles. The largest absolute Gasteiger partial charge is 0.493 e. The summed E-state index contributed by atoms with van der Waals surface area (Å²) < 4.78 is 17.0. The highest BCUT2D eigenvalue weighted by molar-refractivity contribution is 5.46. The van der Waals surface area contributed by atoms with E-state index in [-0.39, 0.29) is 6.10 Å². The second-order valence-corrected chi connectivity index (χ2v) is 5.41. The van der Waals surface area contributed by atoms with Crippen molar-refractivity contribution in [1.82, 2.24) is 5.32 Å². The molecule has 20 heavy (non-hydrogen) atoms. The zero-order chi connectivity index (χ0) is 14.4. The lowest BCUT2D eigenvalue weighted by atomic mass is 10.1. The average Bonchev–Trinajstić information content (AvgIpc) is 2.47. The van der Waals surface area contributed by atoms with E-state index in [0.717, 1.165) is 49.7 Å². The van der Waals surface area contributed by atoms with Crippen molar-refractivity contribution in [2.75, 3.05) is 20.3 Å². The fraction of sp³-hybridized carbons (Fsp3) is 0.625. The van der Waals surface area contributed by atoms with Gasteiger partial charge in [0.25, 0.3) is 0 Å². The molecule has 0 atom stereocenters. The maximum Gasteiger partial charge on any atom is 0.166 e. The van der Waals surface area contributed by atoms with Gasteiger partial charge in [-0.25, -0.2) is 0 Å². The Morgan fingerprint density at radius 2 is 2.05 bits per heavy atom. The topological polar surface area (TPSA) is 39.7 Å². The summed E-state index contributed by atoms with van der Waals surface area (Å²) in [6, 6.07) is 6.49. The Morgan fingerprint density at radius 1 is 1.30 bits per heavy atom. The molecule has 0 unspecified atom stereocenters. The Balaban J connectivity index is 2.13. The number of hydrogen-bond donors (Lipinski definition) is 1. The maximum atomic E-state index is 6.20. The second kappa shape index (κ2) is 7.50. The number of rotatable bonds is 6. The molecule has 0 radical (unpaired) electrons. The standard InChI is InChI=1S/C16H25NO3/c1-12(2)17-11-13-5-4-6-15(18-3)16(13)20-14-7-9-19-10-8-14/h4-6,12,14,17H,7-11H2,1-3H3. The Bertz CT molecular complexity index is 414. The minimum Gasteiger partial charge on any atom is -0.493 e. The van der Waals surface area contributed by atoms with Gasteiger partial charge in [-0.3, -0.25) is 0 Å². The Labute approximate surface area is 121 Å². The molecule has 1 heterocycles. The van der Waals surface area contributed by atoms with Crippen molar-refractivity contribution >= 4 is 0 Å². The van der Waals surface area contributed by atoms with E-state index in [0.29, 0.717) is 6.04 Å². The van der Waals surface area contributed by atoms with Crippen LogP contribution in [0, 0.1) is 0 Å². The Kier molecular flexibility index (Phi) is 5.68. The highest BCUT2D eigenvalue weighted by Crippen LogP contribution is 2.33. The van der Waals surface area contributed by atoms with Gasteiger partial charge >= 0.3 is 0 Å². The molecule has 2 rings (SSSR count). The van der Waals surface area contributed by atoms with E-state index in [4.69, 9.17) is 14.2 Å². The summed E-state index contributed by atoms with van der Waals surface area (Å²) in [6.45, 7) is 6.62. The molecule has 1 aliphatic heterocycles. The van der Waals surface area contributed by atoms with Crippen molar-refractivity contribution in [1.29, 1.82) is 0 Å². The lowest BCUT2D eigenvalue weighted by Crippen LogP contribution is -2.27. The molecule has 1 aromatic rings. The van der Waals surface area contributed by atoms with Crippen LogP contribution in [-0.4, -0.2) is 32.5 Å². The molecule has 0 aliphatic carbocycles. The van der Waals surface area contributed by atoms with Gasteiger partial charge in [-0.2, -0.15) is 0 Å². The number of methoxy groups -OCH3 is 1. The average molecular weight is 279 g/mol. The molecular weight excluding hydrogens is 254 g/mol. The van der Waals surface area contributed by atoms with E-state index < -0.39 is 0 Å². The van der Waals surface area contributed by atoms with Crippen LogP contribution in [-0.2, 0) is 11.3 Å². The summed E-state index contributed by atoms with van der Waals surface area (Å²) in [5.41, 5.74) is 1.14. The highest BCUT2D eigenvalue weighted by Gasteiger charge is 2.19. The number of ether oxygens (including phenoxy) is 3. The van der Waals surface area contributed by atoms with Gasteiger partial charge in [-0.1, -0.05) is 26.0 Å². The summed E-state index contributed by atoms with van der Waals surface area (Å²) in [5, 5.41) is 3.43. The molecule has 0 aromatic heterocycles. The van der Waals surface area contributed by atoms with Gasteiger partial charge in [-0.15, -0.1) is 0 Å². The SMILES string of the molecule is COc1cccc(CNC(C)C)c1OC1CCOCC1. The first-order chi connectivity index (χ1) is 9.70. The Morgan fingerprint density at radius 3 is 2.70 bits per heavy atom. The molecule has 0 bridgehead atoms. The van der Waals surface area contributed by atoms with E-state index in [1.165, 1.54) is 0 Å². The smallest absolute Gasteiger partial charge is 0.166 e. The number of nitrogens with one attached hydrogen (secondary N) is 1. The molecule has 1 saturated heterocycles. The molecule has 0 spiro atoms. The van der Waals surface area contributed by atoms with Crippen molar-refractivity contribution in [2.24, 2.45) is 0 Å². The summed E-state index contributed by atoms with van der Waals surface area (Å²) in [6.07, 6.45) is 2.10. The van der Waals surface area contributed by atoms with E-state index in [9.17, 15) is 0 Å². The summed E-state index contributed by atoms with van der Waals surface area (Å²) in [4.78, 5) is 0. The third kappa shape index (κ3) is 4.12. The minimum atomic E-state index is 0.220. The van der Waals surface area contributed by atoms with Crippen LogP contribution >= 0.6 is 0 Å². The van der Waals surface area contributed by atoms with Crippen molar-refractivity contribution in [3.8, 4) is 11.5 Å². The van der Waals surface area contributed by atoms with Gasteiger partial charge in [-0.05, 0) is 6.07 Å². The van der Waals surface area contributed by atoms with Crippen LogP contribution in [0.15, 0.2) is 18.2 Å². The van der Waals surface area contributed by atoms with Crippen LogP contribution in [0.3, 0.4) is 0 Å². The summed E-state index contributed by atoms with van der Waals surface area (Å²) >= 11 is 0. The first-order valence-electron chi connectivity index (χ1n) is 7.34. The molecular formula is C16H25NO3. The molecule has 1 fully saturated rings. The molecule has 4 nitrogen and oxygen atoms in total. The van der Waals surface area contributed by atoms with Gasteiger partial charge in [0.1, 0.15) is 6.10 Å². The van der Waals surface area contributed by atoms with Crippen LogP contribution in [0.1, 0.15) is 32.3 Å². The zero-order valence-electron chi connectivity index (χ0n) is 12.6. The Hall–Kier alpha value is -1.26. The van der Waals surface area contributed by atoms with E-state index in [1.807, 2.05) is 12.1 Å². The quantitative estimate of drug-likeness (QED) is 0.869. The van der Waals surface area contributed by atoms with Gasteiger partial charge in [0, 0.05) is 31.0 Å². The van der Waals surface area contributed by atoms with E-state index in [2.05, 4.69) is 25.2 Å². The van der Waals surface area contributed by atoms with Crippen LogP contribution in [0.2, 0.25) is 0 Å². The molecule has 1 N–H and O–H groups in total.